The van der Waals surface area contributed by atoms with Crippen molar-refractivity contribution in [2.75, 3.05) is 24.5 Å². The van der Waals surface area contributed by atoms with Crippen molar-refractivity contribution in [3.63, 3.8) is 0 Å². The zero-order valence-electron chi connectivity index (χ0n) is 12.8. The fraction of sp³-hybridized carbons (Fsp3) is 0.368. The summed E-state index contributed by atoms with van der Waals surface area (Å²) in [6, 6.07) is 19.7. The lowest BCUT2D eigenvalue weighted by molar-refractivity contribution is 0.723. The number of nitrogens with one attached hydrogen (secondary N) is 1. The van der Waals surface area contributed by atoms with Gasteiger partial charge in [-0.15, -0.1) is 0 Å². The van der Waals surface area contributed by atoms with Gasteiger partial charge in [0.05, 0.1) is 0 Å². The van der Waals surface area contributed by atoms with Gasteiger partial charge in [0, 0.05) is 31.2 Å². The maximum absolute atomic E-state index is 3.44. The summed E-state index contributed by atoms with van der Waals surface area (Å²) in [5, 5.41) is 3.44. The molecule has 2 aromatic rings. The lowest BCUT2D eigenvalue weighted by Gasteiger charge is -2.22. The maximum Gasteiger partial charge on any atom is 0.0412 e. The van der Waals surface area contributed by atoms with E-state index < -0.39 is 0 Å². The van der Waals surface area contributed by atoms with E-state index in [0.717, 1.165) is 26.2 Å². The van der Waals surface area contributed by atoms with Crippen molar-refractivity contribution in [3.8, 4) is 0 Å². The van der Waals surface area contributed by atoms with Crippen molar-refractivity contribution in [1.29, 1.82) is 0 Å². The molecule has 110 valence electrons. The molecule has 1 N–H and O–H groups in total. The highest BCUT2D eigenvalue weighted by Crippen LogP contribution is 2.32. The van der Waals surface area contributed by atoms with Crippen LogP contribution in [0.2, 0.25) is 0 Å². The van der Waals surface area contributed by atoms with Crippen LogP contribution in [0.15, 0.2) is 54.6 Å². The second-order valence-electron chi connectivity index (χ2n) is 5.75. The highest BCUT2D eigenvalue weighted by atomic mass is 15.2. The molecule has 21 heavy (non-hydrogen) atoms. The molecular formula is C19H24N2. The van der Waals surface area contributed by atoms with Crippen LogP contribution in [-0.4, -0.2) is 19.6 Å². The summed E-state index contributed by atoms with van der Waals surface area (Å²) in [5.74, 6) is 0.665. The van der Waals surface area contributed by atoms with Gasteiger partial charge >= 0.3 is 0 Å². The van der Waals surface area contributed by atoms with Gasteiger partial charge in [0.1, 0.15) is 0 Å². The molecular weight excluding hydrogens is 256 g/mol. The molecule has 1 unspecified atom stereocenters. The molecule has 2 heteroatoms. The van der Waals surface area contributed by atoms with Gasteiger partial charge in [0.25, 0.3) is 0 Å². The summed E-state index contributed by atoms with van der Waals surface area (Å²) in [5.41, 5.74) is 4.29. The Morgan fingerprint density at radius 2 is 1.81 bits per heavy atom. The molecule has 1 aliphatic heterocycles. The second kappa shape index (κ2) is 6.77. The first-order valence-corrected chi connectivity index (χ1v) is 7.97. The van der Waals surface area contributed by atoms with Gasteiger partial charge in [-0.25, -0.2) is 0 Å². The van der Waals surface area contributed by atoms with Crippen LogP contribution < -0.4 is 10.2 Å². The number of benzene rings is 2. The molecule has 0 bridgehead atoms. The molecule has 2 nitrogen and oxygen atoms in total. The molecule has 0 aliphatic carbocycles. The predicted octanol–water partition coefficient (Wildman–Crippen LogP) is 3.79. The standard InChI is InChI=1S/C19H24N2/c1-2-20-14-17-10-6-7-11-19(17)21-13-12-18(15-21)16-8-4-3-5-9-16/h3-11,18,20H,2,12-15H2,1H3. The Kier molecular flexibility index (Phi) is 4.56. The van der Waals surface area contributed by atoms with E-state index in [-0.39, 0.29) is 0 Å². The number of anilines is 1. The van der Waals surface area contributed by atoms with Gasteiger partial charge in [-0.3, -0.25) is 0 Å². The summed E-state index contributed by atoms with van der Waals surface area (Å²) >= 11 is 0. The van der Waals surface area contributed by atoms with E-state index >= 15 is 0 Å². The Balaban J connectivity index is 1.74. The van der Waals surface area contributed by atoms with Gasteiger partial charge in [-0.2, -0.15) is 0 Å². The monoisotopic (exact) mass is 280 g/mol. The molecule has 1 atom stereocenters. The lowest BCUT2D eigenvalue weighted by atomic mass is 9.99. The first-order chi connectivity index (χ1) is 10.4. The van der Waals surface area contributed by atoms with Crippen LogP contribution in [0.25, 0.3) is 0 Å². The topological polar surface area (TPSA) is 15.3 Å². The highest BCUT2D eigenvalue weighted by molar-refractivity contribution is 5.55. The van der Waals surface area contributed by atoms with Crippen LogP contribution in [0.5, 0.6) is 0 Å². The Hall–Kier alpha value is -1.80. The van der Waals surface area contributed by atoms with E-state index in [1.165, 1.54) is 23.2 Å². The number of hydrogen-bond acceptors (Lipinski definition) is 2. The minimum absolute atomic E-state index is 0.665. The van der Waals surface area contributed by atoms with Crippen LogP contribution >= 0.6 is 0 Å². The van der Waals surface area contributed by atoms with Crippen LogP contribution in [0, 0.1) is 0 Å². The van der Waals surface area contributed by atoms with Gasteiger partial charge in [0.15, 0.2) is 0 Å². The lowest BCUT2D eigenvalue weighted by Crippen LogP contribution is -2.22. The molecule has 0 aromatic heterocycles. The van der Waals surface area contributed by atoms with Gasteiger partial charge in [-0.1, -0.05) is 55.5 Å². The molecule has 0 amide bonds. The molecule has 1 saturated heterocycles. The summed E-state index contributed by atoms with van der Waals surface area (Å²) < 4.78 is 0. The minimum Gasteiger partial charge on any atom is -0.371 e. The normalized spacial score (nSPS) is 18.1. The zero-order valence-corrected chi connectivity index (χ0v) is 12.8. The fourth-order valence-electron chi connectivity index (χ4n) is 3.20. The van der Waals surface area contributed by atoms with Gasteiger partial charge in [-0.05, 0) is 30.2 Å². The van der Waals surface area contributed by atoms with Crippen molar-refractivity contribution < 1.29 is 0 Å². The smallest absolute Gasteiger partial charge is 0.0412 e. The average Bonchev–Trinajstić information content (AvgIpc) is 3.04. The first-order valence-electron chi connectivity index (χ1n) is 7.97. The van der Waals surface area contributed by atoms with Crippen LogP contribution in [0.4, 0.5) is 5.69 Å². The minimum atomic E-state index is 0.665. The third kappa shape index (κ3) is 3.27. The molecule has 3 rings (SSSR count). The average molecular weight is 280 g/mol. The predicted molar refractivity (Wildman–Crippen MR) is 89.8 cm³/mol. The second-order valence-corrected chi connectivity index (χ2v) is 5.75. The summed E-state index contributed by atoms with van der Waals surface area (Å²) in [4.78, 5) is 2.55. The first kappa shape index (κ1) is 14.2. The van der Waals surface area contributed by atoms with Crippen molar-refractivity contribution in [1.82, 2.24) is 5.32 Å². The van der Waals surface area contributed by atoms with E-state index in [9.17, 15) is 0 Å². The fourth-order valence-corrected chi connectivity index (χ4v) is 3.20. The largest absolute Gasteiger partial charge is 0.371 e. The van der Waals surface area contributed by atoms with Gasteiger partial charge < -0.3 is 10.2 Å². The van der Waals surface area contributed by atoms with E-state index in [1.54, 1.807) is 0 Å². The Morgan fingerprint density at radius 3 is 2.62 bits per heavy atom. The van der Waals surface area contributed by atoms with Crippen molar-refractivity contribution >= 4 is 5.69 Å². The third-order valence-corrected chi connectivity index (χ3v) is 4.36. The van der Waals surface area contributed by atoms with E-state index in [0.29, 0.717) is 5.92 Å². The highest BCUT2D eigenvalue weighted by Gasteiger charge is 2.24. The van der Waals surface area contributed by atoms with E-state index in [2.05, 4.69) is 71.7 Å². The van der Waals surface area contributed by atoms with Gasteiger partial charge in [0.2, 0.25) is 0 Å². The molecule has 1 heterocycles. The number of rotatable bonds is 5. The van der Waals surface area contributed by atoms with Crippen LogP contribution in [-0.2, 0) is 6.54 Å². The SMILES string of the molecule is CCNCc1ccccc1N1CCC(c2ccccc2)C1. The summed E-state index contributed by atoms with van der Waals surface area (Å²) in [6.45, 7) is 6.42. The Morgan fingerprint density at radius 1 is 1.05 bits per heavy atom. The molecule has 0 radical (unpaired) electrons. The Labute approximate surface area is 127 Å². The molecule has 2 aromatic carbocycles. The van der Waals surface area contributed by atoms with Crippen LogP contribution in [0.3, 0.4) is 0 Å². The molecule has 0 saturated carbocycles. The molecule has 0 spiro atoms. The van der Waals surface area contributed by atoms with Crippen LogP contribution in [0.1, 0.15) is 30.4 Å². The zero-order chi connectivity index (χ0) is 14.5. The third-order valence-electron chi connectivity index (χ3n) is 4.36. The van der Waals surface area contributed by atoms with E-state index in [4.69, 9.17) is 0 Å². The number of nitrogens with zero attached hydrogens (tertiary/aromatic N) is 1. The van der Waals surface area contributed by atoms with Crippen molar-refractivity contribution in [2.24, 2.45) is 0 Å². The summed E-state index contributed by atoms with van der Waals surface area (Å²) in [7, 11) is 0. The number of hydrogen-bond donors (Lipinski definition) is 1. The molecule has 1 fully saturated rings. The van der Waals surface area contributed by atoms with Crippen molar-refractivity contribution in [3.05, 3.63) is 65.7 Å². The van der Waals surface area contributed by atoms with E-state index in [1.807, 2.05) is 0 Å². The molecule has 1 aliphatic rings. The maximum atomic E-state index is 3.44. The van der Waals surface area contributed by atoms with Crippen molar-refractivity contribution in [2.45, 2.75) is 25.8 Å². The quantitative estimate of drug-likeness (QED) is 0.896. The summed E-state index contributed by atoms with van der Waals surface area (Å²) in [6.07, 6.45) is 1.25. The number of para-hydroxylation sites is 1. The Bertz CT molecular complexity index is 565.